The van der Waals surface area contributed by atoms with E-state index in [1.54, 1.807) is 0 Å². The summed E-state index contributed by atoms with van der Waals surface area (Å²) >= 11 is 3.51. The molecule has 21 heavy (non-hydrogen) atoms. The number of nitrogens with one attached hydrogen (secondary N) is 1. The van der Waals surface area contributed by atoms with Crippen molar-refractivity contribution >= 4 is 21.6 Å². The molecule has 0 fully saturated rings. The van der Waals surface area contributed by atoms with Crippen LogP contribution in [-0.2, 0) is 12.8 Å². The highest BCUT2D eigenvalue weighted by atomic mass is 79.9. The van der Waals surface area contributed by atoms with E-state index in [1.165, 1.54) is 29.7 Å². The molecule has 0 unspecified atom stereocenters. The lowest BCUT2D eigenvalue weighted by molar-refractivity contribution is 0.298. The molecule has 2 aromatic carbocycles. The number of hydrogen-bond donors (Lipinski definition) is 1. The zero-order valence-electron chi connectivity index (χ0n) is 12.2. The van der Waals surface area contributed by atoms with Gasteiger partial charge < -0.3 is 10.2 Å². The van der Waals surface area contributed by atoms with Gasteiger partial charge in [0.2, 0.25) is 0 Å². The summed E-state index contributed by atoms with van der Waals surface area (Å²) in [5.41, 5.74) is 4.24. The van der Waals surface area contributed by atoms with Crippen LogP contribution in [0.3, 0.4) is 0 Å². The molecule has 110 valence electrons. The van der Waals surface area contributed by atoms with Crippen molar-refractivity contribution in [3.05, 3.63) is 64.1 Å². The van der Waals surface area contributed by atoms with Crippen molar-refractivity contribution in [3.8, 4) is 0 Å². The van der Waals surface area contributed by atoms with Gasteiger partial charge in [-0.3, -0.25) is 0 Å². The highest BCUT2D eigenvalue weighted by molar-refractivity contribution is 9.10. The summed E-state index contributed by atoms with van der Waals surface area (Å²) in [7, 11) is 0. The van der Waals surface area contributed by atoms with Gasteiger partial charge in [-0.2, -0.15) is 0 Å². The first-order valence-corrected chi connectivity index (χ1v) is 8.39. The average Bonchev–Trinajstić information content (AvgIpc) is 2.70. The van der Waals surface area contributed by atoms with E-state index in [4.69, 9.17) is 0 Å². The van der Waals surface area contributed by atoms with Crippen LogP contribution in [0, 0.1) is 0 Å². The second-order valence-corrected chi connectivity index (χ2v) is 6.46. The Labute approximate surface area is 135 Å². The maximum Gasteiger partial charge on any atom is 0.0351 e. The van der Waals surface area contributed by atoms with E-state index in [0.29, 0.717) is 0 Å². The molecule has 0 aliphatic carbocycles. The van der Waals surface area contributed by atoms with Gasteiger partial charge in [0, 0.05) is 36.3 Å². The molecule has 1 N–H and O–H groups in total. The summed E-state index contributed by atoms with van der Waals surface area (Å²) in [6, 6.07) is 17.2. The highest BCUT2D eigenvalue weighted by Gasteiger charge is 2.12. The Morgan fingerprint density at radius 3 is 2.33 bits per heavy atom. The predicted octanol–water partition coefficient (Wildman–Crippen LogP) is 3.96. The third-order valence-corrected chi connectivity index (χ3v) is 4.59. The minimum atomic E-state index is 0.993. The van der Waals surface area contributed by atoms with Crippen LogP contribution in [0.4, 0.5) is 5.69 Å². The van der Waals surface area contributed by atoms with E-state index in [1.807, 2.05) is 0 Å². The van der Waals surface area contributed by atoms with E-state index < -0.39 is 0 Å². The molecule has 1 heterocycles. The van der Waals surface area contributed by atoms with Gasteiger partial charge in [-0.25, -0.2) is 0 Å². The summed E-state index contributed by atoms with van der Waals surface area (Å²) in [5.74, 6) is 0. The van der Waals surface area contributed by atoms with E-state index in [9.17, 15) is 0 Å². The maximum atomic E-state index is 3.51. The third-order valence-electron chi connectivity index (χ3n) is 4.09. The molecule has 3 heteroatoms. The molecule has 0 spiro atoms. The molecule has 3 rings (SSSR count). The number of anilines is 1. The van der Waals surface area contributed by atoms with Gasteiger partial charge in [0.1, 0.15) is 0 Å². The summed E-state index contributed by atoms with van der Waals surface area (Å²) < 4.78 is 1.12. The lowest BCUT2D eigenvalue weighted by Gasteiger charge is -2.20. The van der Waals surface area contributed by atoms with Gasteiger partial charge in [-0.05, 0) is 42.2 Å². The van der Waals surface area contributed by atoms with Gasteiger partial charge in [0.05, 0.1) is 0 Å². The minimum absolute atomic E-state index is 0.993. The second kappa shape index (κ2) is 7.10. The van der Waals surface area contributed by atoms with E-state index in [-0.39, 0.29) is 0 Å². The van der Waals surface area contributed by atoms with Crippen LogP contribution < -0.4 is 5.32 Å². The van der Waals surface area contributed by atoms with Crippen molar-refractivity contribution in [1.29, 1.82) is 0 Å². The molecule has 0 saturated carbocycles. The van der Waals surface area contributed by atoms with Gasteiger partial charge >= 0.3 is 0 Å². The summed E-state index contributed by atoms with van der Waals surface area (Å²) in [6.45, 7) is 4.42. The van der Waals surface area contributed by atoms with E-state index >= 15 is 0 Å². The van der Waals surface area contributed by atoms with Crippen LogP contribution in [0.1, 0.15) is 11.1 Å². The second-order valence-electron chi connectivity index (χ2n) is 5.55. The molecule has 0 atom stereocenters. The zero-order chi connectivity index (χ0) is 14.5. The SMILES string of the molecule is Brc1cccc(NCCN2CCc3ccccc3CC2)c1. The lowest BCUT2D eigenvalue weighted by Crippen LogP contribution is -2.31. The fourth-order valence-electron chi connectivity index (χ4n) is 2.89. The van der Waals surface area contributed by atoms with Gasteiger partial charge in [0.15, 0.2) is 0 Å². The molecule has 1 aliphatic heterocycles. The van der Waals surface area contributed by atoms with Crippen LogP contribution in [-0.4, -0.2) is 31.1 Å². The molecule has 0 aromatic heterocycles. The first-order chi connectivity index (χ1) is 10.3. The zero-order valence-corrected chi connectivity index (χ0v) is 13.8. The molecule has 0 radical (unpaired) electrons. The average molecular weight is 345 g/mol. The molecule has 0 bridgehead atoms. The van der Waals surface area contributed by atoms with Crippen LogP contribution in [0.2, 0.25) is 0 Å². The molecule has 1 aliphatic rings. The summed E-state index contributed by atoms with van der Waals surface area (Å²) in [6.07, 6.45) is 2.35. The molecule has 0 saturated heterocycles. The smallest absolute Gasteiger partial charge is 0.0351 e. The Morgan fingerprint density at radius 1 is 0.952 bits per heavy atom. The monoisotopic (exact) mass is 344 g/mol. The standard InChI is InChI=1S/C18H21BrN2/c19-17-6-3-7-18(14-17)20-10-13-21-11-8-15-4-1-2-5-16(15)9-12-21/h1-7,14,20H,8-13H2. The van der Waals surface area contributed by atoms with Crippen molar-refractivity contribution in [2.75, 3.05) is 31.5 Å². The Kier molecular flexibility index (Phi) is 4.94. The Bertz CT molecular complexity index is 570. The lowest BCUT2D eigenvalue weighted by atomic mass is 10.0. The van der Waals surface area contributed by atoms with Crippen molar-refractivity contribution in [2.24, 2.45) is 0 Å². The van der Waals surface area contributed by atoms with Gasteiger partial charge in [-0.1, -0.05) is 46.3 Å². The van der Waals surface area contributed by atoms with E-state index in [2.05, 4.69) is 74.7 Å². The molecule has 2 aromatic rings. The van der Waals surface area contributed by atoms with Gasteiger partial charge in [-0.15, -0.1) is 0 Å². The first kappa shape index (κ1) is 14.6. The van der Waals surface area contributed by atoms with Crippen molar-refractivity contribution < 1.29 is 0 Å². The predicted molar refractivity (Wildman–Crippen MR) is 92.9 cm³/mol. The number of rotatable bonds is 4. The molecule has 2 nitrogen and oxygen atoms in total. The summed E-state index contributed by atoms with van der Waals surface area (Å²) in [4.78, 5) is 2.56. The number of benzene rings is 2. The molecular weight excluding hydrogens is 324 g/mol. The van der Waals surface area contributed by atoms with Crippen molar-refractivity contribution in [2.45, 2.75) is 12.8 Å². The minimum Gasteiger partial charge on any atom is -0.384 e. The summed E-state index contributed by atoms with van der Waals surface area (Å²) in [5, 5.41) is 3.50. The van der Waals surface area contributed by atoms with Crippen molar-refractivity contribution in [3.63, 3.8) is 0 Å². The third kappa shape index (κ3) is 4.08. The first-order valence-electron chi connectivity index (χ1n) is 7.60. The Morgan fingerprint density at radius 2 is 1.67 bits per heavy atom. The Hall–Kier alpha value is -1.32. The fraction of sp³-hybridized carbons (Fsp3) is 0.333. The van der Waals surface area contributed by atoms with Crippen LogP contribution >= 0.6 is 15.9 Å². The topological polar surface area (TPSA) is 15.3 Å². The molecular formula is C18H21BrN2. The number of fused-ring (bicyclic) bond motifs is 1. The largest absolute Gasteiger partial charge is 0.384 e. The van der Waals surface area contributed by atoms with Crippen LogP contribution in [0.5, 0.6) is 0 Å². The number of nitrogens with zero attached hydrogens (tertiary/aromatic N) is 1. The van der Waals surface area contributed by atoms with Gasteiger partial charge in [0.25, 0.3) is 0 Å². The fourth-order valence-corrected chi connectivity index (χ4v) is 3.29. The van der Waals surface area contributed by atoms with E-state index in [0.717, 1.165) is 30.7 Å². The normalized spacial score (nSPS) is 15.3. The molecule has 0 amide bonds. The Balaban J connectivity index is 1.49. The number of halogens is 1. The van der Waals surface area contributed by atoms with Crippen molar-refractivity contribution in [1.82, 2.24) is 4.90 Å². The number of hydrogen-bond acceptors (Lipinski definition) is 2. The quantitative estimate of drug-likeness (QED) is 0.902. The van der Waals surface area contributed by atoms with Crippen LogP contribution in [0.15, 0.2) is 53.0 Å². The van der Waals surface area contributed by atoms with Crippen LogP contribution in [0.25, 0.3) is 0 Å². The highest BCUT2D eigenvalue weighted by Crippen LogP contribution is 2.17. The maximum absolute atomic E-state index is 3.51.